The van der Waals surface area contributed by atoms with E-state index in [0.717, 1.165) is 6.54 Å². The Hall–Kier alpha value is -1.02. The molecule has 2 N–H and O–H groups in total. The van der Waals surface area contributed by atoms with E-state index in [9.17, 15) is 0 Å². The molecule has 0 aliphatic carbocycles. The summed E-state index contributed by atoms with van der Waals surface area (Å²) in [6, 6.07) is 4.62. The third kappa shape index (κ3) is 4.24. The molecule has 0 amide bonds. The molecule has 0 radical (unpaired) electrons. The zero-order chi connectivity index (χ0) is 15.0. The van der Waals surface area contributed by atoms with Crippen molar-refractivity contribution in [3.05, 3.63) is 28.8 Å². The summed E-state index contributed by atoms with van der Waals surface area (Å²) in [4.78, 5) is 2.27. The first-order valence-electron chi connectivity index (χ1n) is 7.03. The Balaban J connectivity index is 3.18. The maximum absolute atomic E-state index is 6.13. The molecule has 1 rings (SSSR count). The predicted octanol–water partition coefficient (Wildman–Crippen LogP) is 3.77. The Bertz CT molecular complexity index is 424. The molecule has 1 aromatic rings. The molecule has 2 nitrogen and oxygen atoms in total. The molecule has 0 fully saturated rings. The highest BCUT2D eigenvalue weighted by atomic mass is 15.1. The summed E-state index contributed by atoms with van der Waals surface area (Å²) < 4.78 is 0. The van der Waals surface area contributed by atoms with Crippen LogP contribution >= 0.6 is 0 Å². The molecule has 0 spiro atoms. The molecule has 0 unspecified atom stereocenters. The van der Waals surface area contributed by atoms with Crippen molar-refractivity contribution in [3.63, 3.8) is 0 Å². The van der Waals surface area contributed by atoms with Crippen molar-refractivity contribution in [2.24, 2.45) is 5.73 Å². The van der Waals surface area contributed by atoms with Crippen LogP contribution in [0.15, 0.2) is 12.1 Å². The van der Waals surface area contributed by atoms with Crippen LogP contribution < -0.4 is 10.6 Å². The summed E-state index contributed by atoms with van der Waals surface area (Å²) >= 11 is 0. The van der Waals surface area contributed by atoms with Gasteiger partial charge in [0, 0.05) is 24.8 Å². The van der Waals surface area contributed by atoms with Gasteiger partial charge in [-0.1, -0.05) is 32.9 Å². The minimum absolute atomic E-state index is 0.184. The quantitative estimate of drug-likeness (QED) is 0.898. The van der Waals surface area contributed by atoms with E-state index in [1.165, 1.54) is 22.4 Å². The van der Waals surface area contributed by atoms with E-state index in [0.29, 0.717) is 0 Å². The number of nitrogens with two attached hydrogens (primary N) is 1. The molecular weight excluding hydrogens is 232 g/mol. The maximum Gasteiger partial charge on any atom is 0.0423 e. The maximum atomic E-state index is 6.13. The van der Waals surface area contributed by atoms with Crippen molar-refractivity contribution in [2.75, 3.05) is 18.5 Å². The molecule has 0 aliphatic heterocycles. The standard InChI is InChI=1S/C17H30N2/c1-12-9-14(16(3,4)5)10-13(2)15(12)19(8)11-17(6,7)18/h9-10H,11,18H2,1-8H3. The summed E-state index contributed by atoms with van der Waals surface area (Å²) in [5, 5.41) is 0. The van der Waals surface area contributed by atoms with E-state index in [-0.39, 0.29) is 11.0 Å². The van der Waals surface area contributed by atoms with Crippen molar-refractivity contribution in [2.45, 2.75) is 59.4 Å². The monoisotopic (exact) mass is 262 g/mol. The number of likely N-dealkylation sites (N-methyl/N-ethyl adjacent to an activating group) is 1. The van der Waals surface area contributed by atoms with Gasteiger partial charge in [0.15, 0.2) is 0 Å². The van der Waals surface area contributed by atoms with Gasteiger partial charge in [-0.25, -0.2) is 0 Å². The predicted molar refractivity (Wildman–Crippen MR) is 86.2 cm³/mol. The molecule has 2 heteroatoms. The Morgan fingerprint density at radius 1 is 1.00 bits per heavy atom. The van der Waals surface area contributed by atoms with E-state index in [1.54, 1.807) is 0 Å². The van der Waals surface area contributed by atoms with Crippen molar-refractivity contribution in [1.29, 1.82) is 0 Å². The first-order chi connectivity index (χ1) is 8.42. The third-order valence-electron chi connectivity index (χ3n) is 3.38. The average molecular weight is 262 g/mol. The third-order valence-corrected chi connectivity index (χ3v) is 3.38. The molecular formula is C17H30N2. The van der Waals surface area contributed by atoms with Gasteiger partial charge in [0.2, 0.25) is 0 Å². The number of rotatable bonds is 3. The SMILES string of the molecule is Cc1cc(C(C)(C)C)cc(C)c1N(C)CC(C)(C)N. The number of benzene rings is 1. The van der Waals surface area contributed by atoms with E-state index in [2.05, 4.69) is 72.5 Å². The van der Waals surface area contributed by atoms with E-state index in [1.807, 2.05) is 0 Å². The summed E-state index contributed by atoms with van der Waals surface area (Å²) in [5.74, 6) is 0. The topological polar surface area (TPSA) is 29.3 Å². The van der Waals surface area contributed by atoms with Gasteiger partial charge in [0.05, 0.1) is 0 Å². The normalized spacial score (nSPS) is 12.7. The Kier molecular flexibility index (Phi) is 4.36. The minimum Gasteiger partial charge on any atom is -0.372 e. The van der Waals surface area contributed by atoms with Crippen LogP contribution in [0.2, 0.25) is 0 Å². The van der Waals surface area contributed by atoms with Crippen molar-refractivity contribution >= 4 is 5.69 Å². The second kappa shape index (κ2) is 5.16. The number of hydrogen-bond donors (Lipinski definition) is 1. The van der Waals surface area contributed by atoms with E-state index in [4.69, 9.17) is 5.73 Å². The largest absolute Gasteiger partial charge is 0.372 e. The number of nitrogens with zero attached hydrogens (tertiary/aromatic N) is 1. The van der Waals surface area contributed by atoms with Crippen LogP contribution in [0.25, 0.3) is 0 Å². The van der Waals surface area contributed by atoms with Crippen molar-refractivity contribution in [1.82, 2.24) is 0 Å². The molecule has 19 heavy (non-hydrogen) atoms. The first-order valence-corrected chi connectivity index (χ1v) is 7.03. The van der Waals surface area contributed by atoms with Crippen LogP contribution in [0, 0.1) is 13.8 Å². The number of aryl methyl sites for hydroxylation is 2. The smallest absolute Gasteiger partial charge is 0.0423 e. The first kappa shape index (κ1) is 16.0. The lowest BCUT2D eigenvalue weighted by Gasteiger charge is -2.32. The van der Waals surface area contributed by atoms with Gasteiger partial charge >= 0.3 is 0 Å². The van der Waals surface area contributed by atoms with Gasteiger partial charge in [-0.15, -0.1) is 0 Å². The highest BCUT2D eigenvalue weighted by Crippen LogP contribution is 2.31. The van der Waals surface area contributed by atoms with Gasteiger partial charge in [-0.3, -0.25) is 0 Å². The van der Waals surface area contributed by atoms with Gasteiger partial charge < -0.3 is 10.6 Å². The summed E-state index contributed by atoms with van der Waals surface area (Å²) in [6.45, 7) is 16.1. The summed E-state index contributed by atoms with van der Waals surface area (Å²) in [7, 11) is 2.13. The van der Waals surface area contributed by atoms with Crippen molar-refractivity contribution < 1.29 is 0 Å². The molecule has 0 aliphatic rings. The molecule has 0 atom stereocenters. The lowest BCUT2D eigenvalue weighted by molar-refractivity contribution is 0.518. The molecule has 0 heterocycles. The lowest BCUT2D eigenvalue weighted by Crippen LogP contribution is -2.44. The Morgan fingerprint density at radius 3 is 1.74 bits per heavy atom. The Labute approximate surface area is 119 Å². The van der Waals surface area contributed by atoms with Crippen LogP contribution in [0.3, 0.4) is 0 Å². The second-order valence-corrected chi connectivity index (χ2v) is 7.55. The fourth-order valence-corrected chi connectivity index (χ4v) is 2.68. The number of hydrogen-bond acceptors (Lipinski definition) is 2. The average Bonchev–Trinajstić information content (AvgIpc) is 2.11. The molecule has 108 valence electrons. The zero-order valence-electron chi connectivity index (χ0n) is 13.9. The van der Waals surface area contributed by atoms with E-state index < -0.39 is 0 Å². The van der Waals surface area contributed by atoms with Crippen LogP contribution in [0.1, 0.15) is 51.3 Å². The van der Waals surface area contributed by atoms with Gasteiger partial charge in [0.1, 0.15) is 0 Å². The fraction of sp³-hybridized carbons (Fsp3) is 0.647. The van der Waals surface area contributed by atoms with Crippen LogP contribution in [-0.4, -0.2) is 19.1 Å². The minimum atomic E-state index is -0.184. The highest BCUT2D eigenvalue weighted by Gasteiger charge is 2.20. The fourth-order valence-electron chi connectivity index (χ4n) is 2.68. The number of anilines is 1. The summed E-state index contributed by atoms with van der Waals surface area (Å²) in [6.07, 6.45) is 0. The molecule has 0 bridgehead atoms. The van der Waals surface area contributed by atoms with Gasteiger partial charge in [-0.05, 0) is 49.8 Å². The summed E-state index contributed by atoms with van der Waals surface area (Å²) in [5.41, 5.74) is 11.5. The van der Waals surface area contributed by atoms with Crippen molar-refractivity contribution in [3.8, 4) is 0 Å². The lowest BCUT2D eigenvalue weighted by atomic mass is 9.84. The van der Waals surface area contributed by atoms with Crippen LogP contribution in [0.4, 0.5) is 5.69 Å². The van der Waals surface area contributed by atoms with Crippen LogP contribution in [0.5, 0.6) is 0 Å². The zero-order valence-corrected chi connectivity index (χ0v) is 13.9. The highest BCUT2D eigenvalue weighted by molar-refractivity contribution is 5.60. The Morgan fingerprint density at radius 2 is 1.42 bits per heavy atom. The van der Waals surface area contributed by atoms with Gasteiger partial charge in [0.25, 0.3) is 0 Å². The van der Waals surface area contributed by atoms with E-state index >= 15 is 0 Å². The molecule has 0 aromatic heterocycles. The van der Waals surface area contributed by atoms with Crippen LogP contribution in [-0.2, 0) is 5.41 Å². The molecule has 0 saturated carbocycles. The molecule has 1 aromatic carbocycles. The van der Waals surface area contributed by atoms with Gasteiger partial charge in [-0.2, -0.15) is 0 Å². The molecule has 0 saturated heterocycles. The second-order valence-electron chi connectivity index (χ2n) is 7.55.